The van der Waals surface area contributed by atoms with Gasteiger partial charge in [-0.2, -0.15) is 0 Å². The highest BCUT2D eigenvalue weighted by Crippen LogP contribution is 2.34. The number of benzene rings is 1. The lowest BCUT2D eigenvalue weighted by Crippen LogP contribution is -2.04. The summed E-state index contributed by atoms with van der Waals surface area (Å²) in [7, 11) is 0. The Hall–Kier alpha value is -1.49. The van der Waals surface area contributed by atoms with E-state index in [2.05, 4.69) is 15.6 Å². The van der Waals surface area contributed by atoms with E-state index in [0.29, 0.717) is 0 Å². The fraction of sp³-hybridized carbons (Fsp3) is 0.429. The molecule has 0 spiro atoms. The lowest BCUT2D eigenvalue weighted by Gasteiger charge is -2.07. The number of aliphatic carboxylic acids is 1. The Bertz CT molecular complexity index is 632. The standard InChI is InChI=1S/C14H16N2O2S/c1-9-3-2-4-11-13(9)15-14(19-8-12(17)18)16(11)7-10-5-6-10/h2-4,10H,5-8H2,1H3,(H,17,18). The second-order valence-corrected chi connectivity index (χ2v) is 6.02. The zero-order valence-corrected chi connectivity index (χ0v) is 11.6. The van der Waals surface area contributed by atoms with Gasteiger partial charge in [0.2, 0.25) is 0 Å². The monoisotopic (exact) mass is 276 g/mol. The number of thioether (sulfide) groups is 1. The van der Waals surface area contributed by atoms with Crippen LogP contribution in [0.2, 0.25) is 0 Å². The lowest BCUT2D eigenvalue weighted by molar-refractivity contribution is -0.133. The third kappa shape index (κ3) is 2.61. The van der Waals surface area contributed by atoms with E-state index in [1.54, 1.807) is 0 Å². The molecule has 1 aromatic heterocycles. The summed E-state index contributed by atoms with van der Waals surface area (Å²) < 4.78 is 2.19. The van der Waals surface area contributed by atoms with Crippen molar-refractivity contribution in [2.45, 2.75) is 31.5 Å². The molecule has 1 aromatic carbocycles. The minimum absolute atomic E-state index is 0.0625. The van der Waals surface area contributed by atoms with Gasteiger partial charge >= 0.3 is 5.97 Å². The molecule has 0 unspecified atom stereocenters. The summed E-state index contributed by atoms with van der Waals surface area (Å²) in [4.78, 5) is 15.4. The third-order valence-corrected chi connectivity index (χ3v) is 4.37. The van der Waals surface area contributed by atoms with Gasteiger partial charge in [0.1, 0.15) is 0 Å². The fourth-order valence-electron chi connectivity index (χ4n) is 2.24. The van der Waals surface area contributed by atoms with E-state index < -0.39 is 5.97 Å². The van der Waals surface area contributed by atoms with E-state index in [1.807, 2.05) is 19.1 Å². The second-order valence-electron chi connectivity index (χ2n) is 5.07. The van der Waals surface area contributed by atoms with Gasteiger partial charge in [0.15, 0.2) is 5.16 Å². The molecule has 4 nitrogen and oxygen atoms in total. The number of rotatable bonds is 5. The molecule has 0 saturated heterocycles. The molecule has 1 aliphatic carbocycles. The maximum Gasteiger partial charge on any atom is 0.313 e. The Labute approximate surface area is 115 Å². The van der Waals surface area contributed by atoms with Crippen LogP contribution in [0.3, 0.4) is 0 Å². The molecule has 2 aromatic rings. The number of carboxylic acids is 1. The van der Waals surface area contributed by atoms with Crippen molar-refractivity contribution in [3.8, 4) is 0 Å². The minimum Gasteiger partial charge on any atom is -0.481 e. The zero-order valence-electron chi connectivity index (χ0n) is 10.8. The second kappa shape index (κ2) is 4.89. The Balaban J connectivity index is 2.01. The van der Waals surface area contributed by atoms with E-state index in [9.17, 15) is 4.79 Å². The molecule has 3 rings (SSSR count). The molecule has 5 heteroatoms. The number of carbonyl (C=O) groups is 1. The molecule has 0 amide bonds. The van der Waals surface area contributed by atoms with E-state index in [-0.39, 0.29) is 5.75 Å². The average Bonchev–Trinajstić information content (AvgIpc) is 3.10. The van der Waals surface area contributed by atoms with Crippen LogP contribution in [0.15, 0.2) is 23.4 Å². The van der Waals surface area contributed by atoms with Crippen molar-refractivity contribution < 1.29 is 9.90 Å². The van der Waals surface area contributed by atoms with Crippen LogP contribution in [0.25, 0.3) is 11.0 Å². The number of nitrogens with zero attached hydrogens (tertiary/aromatic N) is 2. The quantitative estimate of drug-likeness (QED) is 0.853. The highest BCUT2D eigenvalue weighted by Gasteiger charge is 2.24. The third-order valence-electron chi connectivity index (χ3n) is 3.41. The predicted octanol–water partition coefficient (Wildman–Crippen LogP) is 2.93. The maximum absolute atomic E-state index is 10.7. The van der Waals surface area contributed by atoms with Gasteiger partial charge in [-0.1, -0.05) is 23.9 Å². The van der Waals surface area contributed by atoms with E-state index in [4.69, 9.17) is 5.11 Å². The Morgan fingerprint density at radius 2 is 2.32 bits per heavy atom. The topological polar surface area (TPSA) is 55.1 Å². The molecule has 1 saturated carbocycles. The van der Waals surface area contributed by atoms with Crippen LogP contribution in [-0.2, 0) is 11.3 Å². The van der Waals surface area contributed by atoms with Crippen LogP contribution >= 0.6 is 11.8 Å². The van der Waals surface area contributed by atoms with Crippen LogP contribution in [-0.4, -0.2) is 26.4 Å². The summed E-state index contributed by atoms with van der Waals surface area (Å²) in [5.41, 5.74) is 3.26. The first kappa shape index (κ1) is 12.5. The van der Waals surface area contributed by atoms with E-state index in [1.165, 1.54) is 24.6 Å². The van der Waals surface area contributed by atoms with Crippen LogP contribution in [0.1, 0.15) is 18.4 Å². The molecule has 1 N–H and O–H groups in total. The number of hydrogen-bond donors (Lipinski definition) is 1. The molecule has 1 heterocycles. The van der Waals surface area contributed by atoms with Gasteiger partial charge < -0.3 is 9.67 Å². The number of para-hydroxylation sites is 1. The van der Waals surface area contributed by atoms with Crippen molar-refractivity contribution in [2.75, 3.05) is 5.75 Å². The van der Waals surface area contributed by atoms with E-state index in [0.717, 1.165) is 34.2 Å². The summed E-state index contributed by atoms with van der Waals surface area (Å²) in [5, 5.41) is 9.66. The summed E-state index contributed by atoms with van der Waals surface area (Å²) in [6, 6.07) is 6.15. The van der Waals surface area contributed by atoms with Crippen molar-refractivity contribution >= 4 is 28.8 Å². The smallest absolute Gasteiger partial charge is 0.313 e. The number of aryl methyl sites for hydroxylation is 1. The number of carboxylic acid groups (broad SMARTS) is 1. The van der Waals surface area contributed by atoms with Gasteiger partial charge in [-0.05, 0) is 37.3 Å². The van der Waals surface area contributed by atoms with Gasteiger partial charge in [0.25, 0.3) is 0 Å². The van der Waals surface area contributed by atoms with Gasteiger partial charge in [-0.15, -0.1) is 0 Å². The molecule has 0 aliphatic heterocycles. The minimum atomic E-state index is -0.799. The van der Waals surface area contributed by atoms with Gasteiger partial charge in [0.05, 0.1) is 16.8 Å². The zero-order chi connectivity index (χ0) is 13.4. The Morgan fingerprint density at radius 3 is 3.00 bits per heavy atom. The first-order valence-electron chi connectivity index (χ1n) is 6.45. The summed E-state index contributed by atoms with van der Waals surface area (Å²) >= 11 is 1.31. The highest BCUT2D eigenvalue weighted by atomic mass is 32.2. The SMILES string of the molecule is Cc1cccc2c1nc(SCC(=O)O)n2CC1CC1. The average molecular weight is 276 g/mol. The number of fused-ring (bicyclic) bond motifs is 1. The molecule has 1 aliphatic rings. The van der Waals surface area contributed by atoms with Gasteiger partial charge in [0, 0.05) is 6.54 Å². The number of hydrogen-bond acceptors (Lipinski definition) is 3. The lowest BCUT2D eigenvalue weighted by atomic mass is 10.2. The molecule has 0 atom stereocenters. The fourth-order valence-corrected chi connectivity index (χ4v) is 2.97. The number of imidazole rings is 1. The van der Waals surface area contributed by atoms with E-state index >= 15 is 0 Å². The molecular weight excluding hydrogens is 260 g/mol. The predicted molar refractivity (Wildman–Crippen MR) is 75.6 cm³/mol. The van der Waals surface area contributed by atoms with Crippen molar-refractivity contribution in [1.82, 2.24) is 9.55 Å². The Kier molecular flexibility index (Phi) is 3.22. The summed E-state index contributed by atoms with van der Waals surface area (Å²) in [6.45, 7) is 3.00. The molecule has 0 radical (unpaired) electrons. The largest absolute Gasteiger partial charge is 0.481 e. The van der Waals surface area contributed by atoms with Crippen LogP contribution in [0.4, 0.5) is 0 Å². The molecule has 0 bridgehead atoms. The number of aromatic nitrogens is 2. The molecule has 100 valence electrons. The van der Waals surface area contributed by atoms with Gasteiger partial charge in [-0.25, -0.2) is 4.98 Å². The van der Waals surface area contributed by atoms with Crippen molar-refractivity contribution in [1.29, 1.82) is 0 Å². The maximum atomic E-state index is 10.7. The highest BCUT2D eigenvalue weighted by molar-refractivity contribution is 7.99. The van der Waals surface area contributed by atoms with Crippen LogP contribution in [0.5, 0.6) is 0 Å². The van der Waals surface area contributed by atoms with Crippen LogP contribution < -0.4 is 0 Å². The van der Waals surface area contributed by atoms with Crippen molar-refractivity contribution in [2.24, 2.45) is 5.92 Å². The first-order chi connectivity index (χ1) is 9.15. The summed E-state index contributed by atoms with van der Waals surface area (Å²) in [6.07, 6.45) is 2.54. The van der Waals surface area contributed by atoms with Gasteiger partial charge in [-0.3, -0.25) is 4.79 Å². The molecular formula is C14H16N2O2S. The summed E-state index contributed by atoms with van der Waals surface area (Å²) in [5.74, 6) is 0.00128. The van der Waals surface area contributed by atoms with Crippen molar-refractivity contribution in [3.05, 3.63) is 23.8 Å². The molecule has 1 fully saturated rings. The first-order valence-corrected chi connectivity index (χ1v) is 7.44. The van der Waals surface area contributed by atoms with Crippen molar-refractivity contribution in [3.63, 3.8) is 0 Å². The molecule has 19 heavy (non-hydrogen) atoms. The normalized spacial score (nSPS) is 15.0. The Morgan fingerprint density at radius 1 is 1.53 bits per heavy atom. The van der Waals surface area contributed by atoms with Crippen LogP contribution in [0, 0.1) is 12.8 Å².